The smallest absolute Gasteiger partial charge is 0.213 e. The van der Waals surface area contributed by atoms with E-state index in [0.717, 1.165) is 23.0 Å². The van der Waals surface area contributed by atoms with E-state index >= 15 is 0 Å². The summed E-state index contributed by atoms with van der Waals surface area (Å²) in [5.41, 5.74) is 2.74. The van der Waals surface area contributed by atoms with Crippen LogP contribution in [-0.4, -0.2) is 28.3 Å². The Balaban J connectivity index is 1.88. The van der Waals surface area contributed by atoms with Crippen molar-refractivity contribution in [3.63, 3.8) is 0 Å². The minimum Gasteiger partial charge on any atom is -0.490 e. The summed E-state index contributed by atoms with van der Waals surface area (Å²) in [5.74, 6) is 2.34. The van der Waals surface area contributed by atoms with Gasteiger partial charge in [0.15, 0.2) is 0 Å². The molecule has 0 N–H and O–H groups in total. The highest BCUT2D eigenvalue weighted by atomic mass is 16.5. The van der Waals surface area contributed by atoms with Gasteiger partial charge in [-0.05, 0) is 17.7 Å². The van der Waals surface area contributed by atoms with Gasteiger partial charge in [0.2, 0.25) is 5.88 Å². The van der Waals surface area contributed by atoms with Gasteiger partial charge in [0.1, 0.15) is 29.3 Å². The van der Waals surface area contributed by atoms with Crippen LogP contribution in [0.25, 0.3) is 5.69 Å². The number of imidazole rings is 1. The molecule has 2 aliphatic rings. The molecule has 0 radical (unpaired) electrons. The van der Waals surface area contributed by atoms with E-state index in [9.17, 15) is 0 Å². The van der Waals surface area contributed by atoms with E-state index in [4.69, 9.17) is 9.47 Å². The Bertz CT molecular complexity index is 902. The predicted molar refractivity (Wildman–Crippen MR) is 79.7 cm³/mol. The van der Waals surface area contributed by atoms with Crippen molar-refractivity contribution in [3.05, 3.63) is 65.9 Å². The number of para-hydroxylation sites is 1. The molecule has 4 heterocycles. The lowest BCUT2D eigenvalue weighted by molar-refractivity contribution is 0.310. The molecule has 5 heteroatoms. The molecular weight excluding hydrogens is 278 g/mol. The molecule has 0 bridgehead atoms. The second-order valence-corrected chi connectivity index (χ2v) is 5.53. The minimum absolute atomic E-state index is 0.454. The molecule has 22 heavy (non-hydrogen) atoms. The van der Waals surface area contributed by atoms with Crippen LogP contribution in [0.15, 0.2) is 48.8 Å². The van der Waals surface area contributed by atoms with Gasteiger partial charge in [0.05, 0.1) is 12.8 Å². The Morgan fingerprint density at radius 1 is 1.23 bits per heavy atom. The number of methoxy groups -OCH3 is 1. The maximum atomic E-state index is 5.95. The summed E-state index contributed by atoms with van der Waals surface area (Å²) in [7, 11) is 1.63. The van der Waals surface area contributed by atoms with E-state index in [1.54, 1.807) is 7.11 Å². The SMILES string of the molecule is COc1ccc2c(n1)C1(CO2)c2ccccc2-n2ccnc21. The number of pyridine rings is 1. The summed E-state index contributed by atoms with van der Waals surface area (Å²) in [6.45, 7) is 0.510. The van der Waals surface area contributed by atoms with Crippen molar-refractivity contribution in [2.75, 3.05) is 13.7 Å². The third-order valence-electron chi connectivity index (χ3n) is 4.54. The highest BCUT2D eigenvalue weighted by Gasteiger charge is 2.53. The second-order valence-electron chi connectivity index (χ2n) is 5.53. The normalized spacial score (nSPS) is 20.4. The molecule has 1 aromatic carbocycles. The fourth-order valence-corrected chi connectivity index (χ4v) is 3.57. The average molecular weight is 291 g/mol. The van der Waals surface area contributed by atoms with Crippen LogP contribution in [0.1, 0.15) is 17.1 Å². The fourth-order valence-electron chi connectivity index (χ4n) is 3.57. The number of aromatic nitrogens is 3. The third kappa shape index (κ3) is 1.20. The van der Waals surface area contributed by atoms with Crippen molar-refractivity contribution in [2.45, 2.75) is 5.41 Å². The molecule has 2 aromatic heterocycles. The molecular formula is C17H13N3O2. The van der Waals surface area contributed by atoms with Gasteiger partial charge in [-0.3, -0.25) is 0 Å². The number of rotatable bonds is 1. The molecule has 1 spiro atoms. The first-order valence-electron chi connectivity index (χ1n) is 7.16. The first kappa shape index (κ1) is 11.8. The third-order valence-corrected chi connectivity index (χ3v) is 4.54. The molecule has 0 fully saturated rings. The van der Waals surface area contributed by atoms with E-state index in [1.165, 1.54) is 5.56 Å². The molecule has 2 aliphatic heterocycles. The molecule has 5 nitrogen and oxygen atoms in total. The molecule has 0 amide bonds. The summed E-state index contributed by atoms with van der Waals surface area (Å²) in [6, 6.07) is 12.1. The summed E-state index contributed by atoms with van der Waals surface area (Å²) in [4.78, 5) is 9.29. The largest absolute Gasteiger partial charge is 0.490 e. The zero-order valence-corrected chi connectivity index (χ0v) is 12.0. The molecule has 5 rings (SSSR count). The van der Waals surface area contributed by atoms with Crippen LogP contribution in [0.4, 0.5) is 0 Å². The van der Waals surface area contributed by atoms with Gasteiger partial charge < -0.3 is 14.0 Å². The lowest BCUT2D eigenvalue weighted by Crippen LogP contribution is -2.30. The fraction of sp³-hybridized carbons (Fsp3) is 0.176. The van der Waals surface area contributed by atoms with E-state index < -0.39 is 5.41 Å². The van der Waals surface area contributed by atoms with Crippen LogP contribution in [0, 0.1) is 0 Å². The van der Waals surface area contributed by atoms with Crippen molar-refractivity contribution >= 4 is 0 Å². The van der Waals surface area contributed by atoms with Gasteiger partial charge in [0.25, 0.3) is 0 Å². The van der Waals surface area contributed by atoms with E-state index in [0.29, 0.717) is 12.5 Å². The van der Waals surface area contributed by atoms with Crippen molar-refractivity contribution in [1.29, 1.82) is 0 Å². The minimum atomic E-state index is -0.454. The average Bonchev–Trinajstić information content (AvgIpc) is 3.24. The highest BCUT2D eigenvalue weighted by molar-refractivity contribution is 5.64. The number of ether oxygens (including phenoxy) is 2. The van der Waals surface area contributed by atoms with Gasteiger partial charge in [-0.1, -0.05) is 18.2 Å². The van der Waals surface area contributed by atoms with E-state index in [-0.39, 0.29) is 0 Å². The summed E-state index contributed by atoms with van der Waals surface area (Å²) < 4.78 is 13.4. The predicted octanol–water partition coefficient (Wildman–Crippen LogP) is 2.32. The maximum absolute atomic E-state index is 5.95. The number of hydrogen-bond acceptors (Lipinski definition) is 4. The van der Waals surface area contributed by atoms with Crippen molar-refractivity contribution in [3.8, 4) is 17.3 Å². The van der Waals surface area contributed by atoms with E-state index in [2.05, 4.69) is 26.7 Å². The highest BCUT2D eigenvalue weighted by Crippen LogP contribution is 2.52. The number of benzene rings is 1. The first-order chi connectivity index (χ1) is 10.8. The van der Waals surface area contributed by atoms with Crippen LogP contribution < -0.4 is 9.47 Å². The monoisotopic (exact) mass is 291 g/mol. The number of hydrogen-bond donors (Lipinski definition) is 0. The van der Waals surface area contributed by atoms with Gasteiger partial charge >= 0.3 is 0 Å². The zero-order chi connectivity index (χ0) is 14.7. The van der Waals surface area contributed by atoms with Crippen molar-refractivity contribution in [2.24, 2.45) is 0 Å². The van der Waals surface area contributed by atoms with Crippen LogP contribution >= 0.6 is 0 Å². The molecule has 0 saturated carbocycles. The standard InChI is InChI=1S/C17H13N3O2/c1-21-14-7-6-13-15(19-14)17(10-22-13)11-4-2-3-5-12(11)20-9-8-18-16(17)20/h2-9H,10H2,1H3. The van der Waals surface area contributed by atoms with Crippen LogP contribution in [0.3, 0.4) is 0 Å². The quantitative estimate of drug-likeness (QED) is 0.690. The summed E-state index contributed by atoms with van der Waals surface area (Å²) >= 11 is 0. The maximum Gasteiger partial charge on any atom is 0.213 e. The Morgan fingerprint density at radius 2 is 2.14 bits per heavy atom. The van der Waals surface area contributed by atoms with Gasteiger partial charge in [-0.2, -0.15) is 0 Å². The summed E-state index contributed by atoms with van der Waals surface area (Å²) in [6.07, 6.45) is 3.81. The second kappa shape index (κ2) is 3.88. The molecule has 1 unspecified atom stereocenters. The first-order valence-corrected chi connectivity index (χ1v) is 7.16. The van der Waals surface area contributed by atoms with Gasteiger partial charge in [0, 0.05) is 18.5 Å². The van der Waals surface area contributed by atoms with Crippen LogP contribution in [0.5, 0.6) is 11.6 Å². The Labute approximate surface area is 127 Å². The number of nitrogens with zero attached hydrogens (tertiary/aromatic N) is 3. The summed E-state index contributed by atoms with van der Waals surface area (Å²) in [5, 5.41) is 0. The van der Waals surface area contributed by atoms with Crippen molar-refractivity contribution < 1.29 is 9.47 Å². The molecule has 0 aliphatic carbocycles. The Kier molecular flexibility index (Phi) is 2.08. The topological polar surface area (TPSA) is 49.2 Å². The molecule has 0 saturated heterocycles. The number of fused-ring (bicyclic) bond motifs is 7. The van der Waals surface area contributed by atoms with Crippen molar-refractivity contribution in [1.82, 2.24) is 14.5 Å². The Morgan fingerprint density at radius 3 is 3.05 bits per heavy atom. The molecule has 3 aromatic rings. The molecule has 108 valence electrons. The molecule has 1 atom stereocenters. The van der Waals surface area contributed by atoms with Crippen LogP contribution in [0.2, 0.25) is 0 Å². The lowest BCUT2D eigenvalue weighted by Gasteiger charge is -2.21. The lowest BCUT2D eigenvalue weighted by atomic mass is 9.79. The van der Waals surface area contributed by atoms with E-state index in [1.807, 2.05) is 36.7 Å². The van der Waals surface area contributed by atoms with Gasteiger partial charge in [-0.25, -0.2) is 9.97 Å². The Hall–Kier alpha value is -2.82. The van der Waals surface area contributed by atoms with Crippen LogP contribution in [-0.2, 0) is 5.41 Å². The zero-order valence-electron chi connectivity index (χ0n) is 12.0. The van der Waals surface area contributed by atoms with Gasteiger partial charge in [-0.15, -0.1) is 0 Å².